The van der Waals surface area contributed by atoms with Crippen LogP contribution in [0, 0.1) is 35.5 Å². The number of nitrogens with one attached hydrogen (secondary N) is 1. The second kappa shape index (κ2) is 5.79. The molecule has 134 valence electrons. The van der Waals surface area contributed by atoms with Gasteiger partial charge in [0.15, 0.2) is 0 Å². The van der Waals surface area contributed by atoms with Gasteiger partial charge in [-0.3, -0.25) is 19.3 Å². The summed E-state index contributed by atoms with van der Waals surface area (Å²) in [5.41, 5.74) is 1.03. The first kappa shape index (κ1) is 15.8. The van der Waals surface area contributed by atoms with E-state index in [9.17, 15) is 14.4 Å². The van der Waals surface area contributed by atoms with E-state index in [1.54, 1.807) is 0 Å². The maximum atomic E-state index is 12.8. The number of carbonyl (C=O) groups excluding carboxylic acids is 3. The second-order valence-corrected chi connectivity index (χ2v) is 8.00. The summed E-state index contributed by atoms with van der Waals surface area (Å²) in [7, 11) is 0. The van der Waals surface area contributed by atoms with Crippen molar-refractivity contribution in [1.29, 1.82) is 0 Å². The molecule has 2 saturated carbocycles. The fourth-order valence-electron chi connectivity index (χ4n) is 5.34. The summed E-state index contributed by atoms with van der Waals surface area (Å²) in [5, 5.41) is 2.86. The largest absolute Gasteiger partial charge is 0.352 e. The third kappa shape index (κ3) is 2.33. The van der Waals surface area contributed by atoms with Crippen LogP contribution in [-0.2, 0) is 20.9 Å². The molecule has 26 heavy (non-hydrogen) atoms. The van der Waals surface area contributed by atoms with E-state index in [0.717, 1.165) is 12.0 Å². The van der Waals surface area contributed by atoms with Gasteiger partial charge in [0.25, 0.3) is 0 Å². The van der Waals surface area contributed by atoms with Crippen molar-refractivity contribution in [3.05, 3.63) is 48.0 Å². The minimum absolute atomic E-state index is 0.0550. The Morgan fingerprint density at radius 3 is 2.23 bits per heavy atom. The highest BCUT2D eigenvalue weighted by Crippen LogP contribution is 2.65. The molecule has 0 aromatic heterocycles. The highest BCUT2D eigenvalue weighted by atomic mass is 16.2. The second-order valence-electron chi connectivity index (χ2n) is 8.00. The Kier molecular flexibility index (Phi) is 3.52. The lowest BCUT2D eigenvalue weighted by atomic mass is 9.63. The minimum atomic E-state index is -0.173. The van der Waals surface area contributed by atoms with Gasteiger partial charge in [0.1, 0.15) is 0 Å². The summed E-state index contributed by atoms with van der Waals surface area (Å²) in [6.45, 7) is 0.657. The van der Waals surface area contributed by atoms with Gasteiger partial charge in [0.05, 0.1) is 11.8 Å². The first-order chi connectivity index (χ1) is 12.6. The van der Waals surface area contributed by atoms with Crippen LogP contribution in [0.2, 0.25) is 0 Å². The third-order valence-electron chi connectivity index (χ3n) is 6.65. The topological polar surface area (TPSA) is 66.5 Å². The van der Waals surface area contributed by atoms with Gasteiger partial charge in [-0.15, -0.1) is 0 Å². The molecule has 1 aromatic rings. The third-order valence-corrected chi connectivity index (χ3v) is 6.65. The number of imide groups is 1. The summed E-state index contributed by atoms with van der Waals surface area (Å²) in [6.07, 6.45) is 5.67. The van der Waals surface area contributed by atoms with Gasteiger partial charge in [-0.1, -0.05) is 42.5 Å². The summed E-state index contributed by atoms with van der Waals surface area (Å²) in [5.74, 6) is 1.11. The molecule has 5 nitrogen and oxygen atoms in total. The molecule has 1 N–H and O–H groups in total. The maximum absolute atomic E-state index is 12.8. The molecule has 1 heterocycles. The predicted molar refractivity (Wildman–Crippen MR) is 94.3 cm³/mol. The van der Waals surface area contributed by atoms with Crippen LogP contribution < -0.4 is 5.32 Å². The van der Waals surface area contributed by atoms with Crippen LogP contribution >= 0.6 is 0 Å². The highest BCUT2D eigenvalue weighted by Gasteiger charge is 2.66. The van der Waals surface area contributed by atoms with Crippen LogP contribution in [0.5, 0.6) is 0 Å². The molecule has 5 aliphatic rings. The Hall–Kier alpha value is -2.43. The predicted octanol–water partition coefficient (Wildman–Crippen LogP) is 1.75. The monoisotopic (exact) mass is 350 g/mol. The van der Waals surface area contributed by atoms with E-state index in [2.05, 4.69) is 17.5 Å². The zero-order valence-electron chi connectivity index (χ0n) is 14.5. The van der Waals surface area contributed by atoms with Crippen molar-refractivity contribution < 1.29 is 14.4 Å². The quantitative estimate of drug-likeness (QED) is 0.650. The van der Waals surface area contributed by atoms with E-state index in [-0.39, 0.29) is 54.4 Å². The Balaban J connectivity index is 1.20. The Bertz CT molecular complexity index is 767. The van der Waals surface area contributed by atoms with Crippen molar-refractivity contribution >= 4 is 17.7 Å². The van der Waals surface area contributed by atoms with Gasteiger partial charge in [-0.25, -0.2) is 0 Å². The van der Waals surface area contributed by atoms with E-state index in [4.69, 9.17) is 0 Å². The smallest absolute Gasteiger partial charge is 0.233 e. The van der Waals surface area contributed by atoms with E-state index >= 15 is 0 Å². The van der Waals surface area contributed by atoms with Crippen molar-refractivity contribution in [3.63, 3.8) is 0 Å². The summed E-state index contributed by atoms with van der Waals surface area (Å²) in [4.78, 5) is 39.2. The number of rotatable bonds is 5. The number of carbonyl (C=O) groups is 3. The van der Waals surface area contributed by atoms with Crippen LogP contribution in [-0.4, -0.2) is 29.2 Å². The van der Waals surface area contributed by atoms with E-state index in [1.807, 2.05) is 30.3 Å². The molecule has 3 fully saturated rings. The number of nitrogens with zero attached hydrogens (tertiary/aromatic N) is 1. The van der Waals surface area contributed by atoms with Gasteiger partial charge < -0.3 is 5.32 Å². The average Bonchev–Trinajstić information content (AvgIpc) is 3.45. The molecule has 0 unspecified atom stereocenters. The van der Waals surface area contributed by atoms with Crippen LogP contribution in [0.3, 0.4) is 0 Å². The lowest BCUT2D eigenvalue weighted by Crippen LogP contribution is -2.40. The molecular formula is C21H22N2O3. The summed E-state index contributed by atoms with van der Waals surface area (Å²) >= 11 is 0. The molecule has 4 aliphatic carbocycles. The molecule has 1 aliphatic heterocycles. The molecule has 3 amide bonds. The van der Waals surface area contributed by atoms with E-state index in [0.29, 0.717) is 18.4 Å². The zero-order chi connectivity index (χ0) is 17.8. The molecular weight excluding hydrogens is 328 g/mol. The van der Waals surface area contributed by atoms with E-state index < -0.39 is 0 Å². The van der Waals surface area contributed by atoms with Gasteiger partial charge in [-0.2, -0.15) is 0 Å². The first-order valence-electron chi connectivity index (χ1n) is 9.49. The average molecular weight is 350 g/mol. The molecule has 6 atom stereocenters. The number of amides is 3. The van der Waals surface area contributed by atoms with Crippen LogP contribution in [0.25, 0.3) is 0 Å². The van der Waals surface area contributed by atoms with Crippen molar-refractivity contribution in [3.8, 4) is 0 Å². The molecule has 5 heteroatoms. The standard InChI is InChI=1S/C21H22N2O3/c24-17(22-11-12-4-2-1-3-5-12)8-9-23-20(25)18-13-6-7-14(16-10-15(13)16)19(18)21(23)26/h1-7,13-16,18-19H,8-11H2,(H,22,24)/t13-,14-,15-,16-,18-,19+/m0/s1. The Morgan fingerprint density at radius 2 is 1.62 bits per heavy atom. The van der Waals surface area contributed by atoms with Crippen LogP contribution in [0.1, 0.15) is 18.4 Å². The lowest BCUT2D eigenvalue weighted by molar-refractivity contribution is -0.140. The van der Waals surface area contributed by atoms with Crippen molar-refractivity contribution in [2.45, 2.75) is 19.4 Å². The maximum Gasteiger partial charge on any atom is 0.233 e. The fraction of sp³-hybridized carbons (Fsp3) is 0.476. The Morgan fingerprint density at radius 1 is 1.00 bits per heavy atom. The summed E-state index contributed by atoms with van der Waals surface area (Å²) in [6, 6.07) is 9.69. The SMILES string of the molecule is O=C(CCN1C(=O)[C@@H]2[C@H]3C=C[C@@H]([C@@H]4C[C@@H]34)[C@@H]2C1=O)NCc1ccccc1. The number of benzene rings is 1. The number of likely N-dealkylation sites (tertiary alicyclic amines) is 1. The van der Waals surface area contributed by atoms with Gasteiger partial charge in [0.2, 0.25) is 17.7 Å². The first-order valence-corrected chi connectivity index (χ1v) is 9.49. The van der Waals surface area contributed by atoms with E-state index in [1.165, 1.54) is 4.90 Å². The minimum Gasteiger partial charge on any atom is -0.352 e. The molecule has 2 bridgehead atoms. The number of hydrogen-bond donors (Lipinski definition) is 1. The van der Waals surface area contributed by atoms with Gasteiger partial charge >= 0.3 is 0 Å². The zero-order valence-corrected chi connectivity index (χ0v) is 14.5. The number of allylic oxidation sites excluding steroid dienone is 2. The molecule has 0 radical (unpaired) electrons. The summed E-state index contributed by atoms with van der Waals surface area (Å²) < 4.78 is 0. The van der Waals surface area contributed by atoms with Crippen molar-refractivity contribution in [2.24, 2.45) is 35.5 Å². The fourth-order valence-corrected chi connectivity index (χ4v) is 5.34. The molecule has 1 aromatic carbocycles. The Labute approximate surface area is 152 Å². The van der Waals surface area contributed by atoms with Crippen LogP contribution in [0.15, 0.2) is 42.5 Å². The van der Waals surface area contributed by atoms with Crippen LogP contribution in [0.4, 0.5) is 0 Å². The van der Waals surface area contributed by atoms with Crippen molar-refractivity contribution in [1.82, 2.24) is 10.2 Å². The van der Waals surface area contributed by atoms with Gasteiger partial charge in [0, 0.05) is 19.5 Å². The van der Waals surface area contributed by atoms with Crippen molar-refractivity contribution in [2.75, 3.05) is 6.54 Å². The molecule has 1 saturated heterocycles. The molecule has 0 spiro atoms. The normalized spacial score (nSPS) is 36.1. The van der Waals surface area contributed by atoms with Gasteiger partial charge in [-0.05, 0) is 35.7 Å². The lowest BCUT2D eigenvalue weighted by Gasteiger charge is -2.37. The molecule has 6 rings (SSSR count). The highest BCUT2D eigenvalue weighted by molar-refractivity contribution is 6.06. The number of hydrogen-bond acceptors (Lipinski definition) is 3.